The van der Waals surface area contributed by atoms with E-state index in [-0.39, 0.29) is 17.7 Å². The van der Waals surface area contributed by atoms with Crippen LogP contribution >= 0.6 is 0 Å². The molecule has 0 saturated heterocycles. The number of hydrogen-bond acceptors (Lipinski definition) is 6. The molecule has 144 valence electrons. The molecule has 0 radical (unpaired) electrons. The van der Waals surface area contributed by atoms with Crippen LogP contribution in [0.3, 0.4) is 0 Å². The second-order valence-electron chi connectivity index (χ2n) is 7.54. The fourth-order valence-electron chi connectivity index (χ4n) is 2.77. The van der Waals surface area contributed by atoms with Gasteiger partial charge >= 0.3 is 0 Å². The lowest BCUT2D eigenvalue weighted by Crippen LogP contribution is -2.28. The normalized spacial score (nSPS) is 14.0. The van der Waals surface area contributed by atoms with Gasteiger partial charge in [0.15, 0.2) is 0 Å². The zero-order chi connectivity index (χ0) is 19.4. The molecule has 7 nitrogen and oxygen atoms in total. The van der Waals surface area contributed by atoms with Crippen molar-refractivity contribution in [3.63, 3.8) is 0 Å². The molecule has 1 aromatic carbocycles. The van der Waals surface area contributed by atoms with Crippen molar-refractivity contribution in [2.45, 2.75) is 45.6 Å². The molecule has 0 unspecified atom stereocenters. The molecule has 2 aromatic rings. The summed E-state index contributed by atoms with van der Waals surface area (Å²) in [5.41, 5.74) is 1.89. The van der Waals surface area contributed by atoms with Gasteiger partial charge in [-0.1, -0.05) is 32.4 Å². The lowest BCUT2D eigenvalue weighted by molar-refractivity contribution is -0.122. The summed E-state index contributed by atoms with van der Waals surface area (Å²) in [6.07, 6.45) is 3.15. The number of nitrogens with one attached hydrogen (secondary N) is 2. The zero-order valence-electron chi connectivity index (χ0n) is 16.5. The first-order chi connectivity index (χ1) is 12.9. The second-order valence-corrected chi connectivity index (χ2v) is 7.54. The van der Waals surface area contributed by atoms with Gasteiger partial charge in [0.25, 0.3) is 0 Å². The fraction of sp³-hybridized carbons (Fsp3) is 0.500. The van der Waals surface area contributed by atoms with Crippen molar-refractivity contribution in [1.29, 1.82) is 0 Å². The molecule has 0 aliphatic heterocycles. The van der Waals surface area contributed by atoms with Gasteiger partial charge in [-0.15, -0.1) is 0 Å². The van der Waals surface area contributed by atoms with Crippen molar-refractivity contribution in [3.8, 4) is 0 Å². The Kier molecular flexibility index (Phi) is 5.88. The van der Waals surface area contributed by atoms with Crippen LogP contribution in [-0.2, 0) is 11.3 Å². The van der Waals surface area contributed by atoms with E-state index in [9.17, 15) is 4.79 Å². The predicted molar refractivity (Wildman–Crippen MR) is 108 cm³/mol. The van der Waals surface area contributed by atoms with E-state index in [1.165, 1.54) is 0 Å². The third-order valence-corrected chi connectivity index (χ3v) is 4.68. The van der Waals surface area contributed by atoms with Crippen molar-refractivity contribution in [2.24, 2.45) is 5.92 Å². The lowest BCUT2D eigenvalue weighted by Gasteiger charge is -2.24. The minimum atomic E-state index is 0.126. The number of amides is 1. The molecule has 7 heteroatoms. The Balaban J connectivity index is 1.67. The van der Waals surface area contributed by atoms with E-state index in [2.05, 4.69) is 39.4 Å². The summed E-state index contributed by atoms with van der Waals surface area (Å²) in [5.74, 6) is 2.48. The Morgan fingerprint density at radius 2 is 2.00 bits per heavy atom. The molecule has 0 bridgehead atoms. The highest BCUT2D eigenvalue weighted by atomic mass is 16.1. The van der Waals surface area contributed by atoms with Gasteiger partial charge in [-0.25, -0.2) is 0 Å². The van der Waals surface area contributed by atoms with Crippen molar-refractivity contribution in [1.82, 2.24) is 15.0 Å². The molecular formula is C20H28N6O. The Labute approximate surface area is 160 Å². The standard InChI is InChI=1S/C20H28N6O/c1-13(2)17-23-19(25-20(24-17)26(3)4)21-12-14-7-5-10-16(11-14)22-18(27)15-8-6-9-15/h5,7,10-11,13,15H,6,8-9,12H2,1-4H3,(H,22,27)(H,21,23,24,25). The van der Waals surface area contributed by atoms with Gasteiger partial charge in [-0.05, 0) is 30.5 Å². The van der Waals surface area contributed by atoms with Crippen molar-refractivity contribution in [3.05, 3.63) is 35.7 Å². The molecule has 1 heterocycles. The van der Waals surface area contributed by atoms with Crippen LogP contribution in [0.15, 0.2) is 24.3 Å². The third kappa shape index (κ3) is 4.93. The van der Waals surface area contributed by atoms with Gasteiger partial charge in [0.2, 0.25) is 17.8 Å². The first-order valence-corrected chi connectivity index (χ1v) is 9.49. The second kappa shape index (κ2) is 8.33. The highest BCUT2D eigenvalue weighted by molar-refractivity contribution is 5.93. The SMILES string of the molecule is CC(C)c1nc(NCc2cccc(NC(=O)C3CCC3)c2)nc(N(C)C)n1. The van der Waals surface area contributed by atoms with Crippen molar-refractivity contribution >= 4 is 23.5 Å². The molecular weight excluding hydrogens is 340 g/mol. The average molecular weight is 368 g/mol. The largest absolute Gasteiger partial charge is 0.350 e. The first-order valence-electron chi connectivity index (χ1n) is 9.49. The van der Waals surface area contributed by atoms with Crippen molar-refractivity contribution in [2.75, 3.05) is 29.6 Å². The Hall–Kier alpha value is -2.70. The molecule has 2 N–H and O–H groups in total. The molecule has 27 heavy (non-hydrogen) atoms. The average Bonchev–Trinajstić information content (AvgIpc) is 2.58. The number of anilines is 3. The molecule has 0 atom stereocenters. The van der Waals surface area contributed by atoms with Crippen molar-refractivity contribution < 1.29 is 4.79 Å². The van der Waals surface area contributed by atoms with Gasteiger partial charge in [-0.3, -0.25) is 4.79 Å². The summed E-state index contributed by atoms with van der Waals surface area (Å²) in [5, 5.41) is 6.29. The van der Waals surface area contributed by atoms with Crippen LogP contribution in [0.5, 0.6) is 0 Å². The molecule has 1 aromatic heterocycles. The molecule has 3 rings (SSSR count). The molecule has 1 aliphatic carbocycles. The van der Waals surface area contributed by atoms with Crippen LogP contribution in [0.2, 0.25) is 0 Å². The maximum absolute atomic E-state index is 12.1. The minimum Gasteiger partial charge on any atom is -0.350 e. The summed E-state index contributed by atoms with van der Waals surface area (Å²) in [4.78, 5) is 27.5. The van der Waals surface area contributed by atoms with E-state index in [1.54, 1.807) is 0 Å². The number of hydrogen-bond donors (Lipinski definition) is 2. The maximum atomic E-state index is 12.1. The molecule has 1 fully saturated rings. The van der Waals surface area contributed by atoms with E-state index in [0.717, 1.165) is 36.3 Å². The topological polar surface area (TPSA) is 83.0 Å². The Morgan fingerprint density at radius 1 is 1.22 bits per heavy atom. The lowest BCUT2D eigenvalue weighted by atomic mass is 9.85. The van der Waals surface area contributed by atoms with Crippen LogP contribution in [0.4, 0.5) is 17.6 Å². The number of carbonyl (C=O) groups excluding carboxylic acids is 1. The van der Waals surface area contributed by atoms with Gasteiger partial charge in [0.05, 0.1) is 0 Å². The maximum Gasteiger partial charge on any atom is 0.229 e. The third-order valence-electron chi connectivity index (χ3n) is 4.68. The van der Waals surface area contributed by atoms with E-state index >= 15 is 0 Å². The molecule has 0 spiro atoms. The summed E-state index contributed by atoms with van der Waals surface area (Å²) in [6.45, 7) is 4.70. The molecule has 1 aliphatic rings. The van der Waals surface area contributed by atoms with E-state index < -0.39 is 0 Å². The van der Waals surface area contributed by atoms with E-state index in [0.29, 0.717) is 18.4 Å². The van der Waals surface area contributed by atoms with Crippen LogP contribution in [0, 0.1) is 5.92 Å². The number of nitrogens with zero attached hydrogens (tertiary/aromatic N) is 4. The smallest absolute Gasteiger partial charge is 0.229 e. The number of aromatic nitrogens is 3. The van der Waals surface area contributed by atoms with Gasteiger partial charge in [0.1, 0.15) is 5.82 Å². The summed E-state index contributed by atoms with van der Waals surface area (Å²) in [6, 6.07) is 7.87. The van der Waals surface area contributed by atoms with Crippen LogP contribution in [0.25, 0.3) is 0 Å². The zero-order valence-corrected chi connectivity index (χ0v) is 16.5. The summed E-state index contributed by atoms with van der Waals surface area (Å²) < 4.78 is 0. The Bertz CT molecular complexity index is 775. The van der Waals surface area contributed by atoms with E-state index in [4.69, 9.17) is 0 Å². The monoisotopic (exact) mass is 368 g/mol. The van der Waals surface area contributed by atoms with Gasteiger partial charge < -0.3 is 15.5 Å². The predicted octanol–water partition coefficient (Wildman–Crippen LogP) is 3.41. The van der Waals surface area contributed by atoms with Crippen LogP contribution in [-0.4, -0.2) is 35.0 Å². The number of rotatable bonds is 7. The molecule has 1 saturated carbocycles. The first kappa shape index (κ1) is 19.1. The fourth-order valence-corrected chi connectivity index (χ4v) is 2.77. The summed E-state index contributed by atoms with van der Waals surface area (Å²) in [7, 11) is 3.83. The van der Waals surface area contributed by atoms with Gasteiger partial charge in [0, 0.05) is 38.2 Å². The number of benzene rings is 1. The quantitative estimate of drug-likeness (QED) is 0.779. The Morgan fingerprint density at radius 3 is 2.63 bits per heavy atom. The van der Waals surface area contributed by atoms with Gasteiger partial charge in [-0.2, -0.15) is 15.0 Å². The minimum absolute atomic E-state index is 0.126. The van der Waals surface area contributed by atoms with Crippen LogP contribution < -0.4 is 15.5 Å². The highest BCUT2D eigenvalue weighted by Crippen LogP contribution is 2.27. The van der Waals surface area contributed by atoms with Crippen LogP contribution in [0.1, 0.15) is 50.4 Å². The number of carbonyl (C=O) groups is 1. The highest BCUT2D eigenvalue weighted by Gasteiger charge is 2.25. The van der Waals surface area contributed by atoms with E-state index in [1.807, 2.05) is 43.3 Å². The molecule has 1 amide bonds. The summed E-state index contributed by atoms with van der Waals surface area (Å²) >= 11 is 0.